The predicted molar refractivity (Wildman–Crippen MR) is 100 cm³/mol. The van der Waals surface area contributed by atoms with Gasteiger partial charge in [0.1, 0.15) is 18.2 Å². The predicted octanol–water partition coefficient (Wildman–Crippen LogP) is 5.63. The van der Waals surface area contributed by atoms with Gasteiger partial charge in [-0.2, -0.15) is 0 Å². The van der Waals surface area contributed by atoms with Crippen molar-refractivity contribution in [3.8, 4) is 5.75 Å². The Bertz CT molecular complexity index is 843. The Kier molecular flexibility index (Phi) is 5.34. The van der Waals surface area contributed by atoms with Gasteiger partial charge >= 0.3 is 0 Å². The minimum Gasteiger partial charge on any atom is -0.489 e. The molecule has 0 aromatic heterocycles. The van der Waals surface area contributed by atoms with Gasteiger partial charge in [0, 0.05) is 17.8 Å². The average Bonchev–Trinajstić information content (AvgIpc) is 2.61. The maximum absolute atomic E-state index is 13.0. The fourth-order valence-electron chi connectivity index (χ4n) is 2.73. The highest BCUT2D eigenvalue weighted by Gasteiger charge is 2.05. The van der Waals surface area contributed by atoms with Crippen molar-refractivity contribution in [3.05, 3.63) is 94.8 Å². The number of nitrogens with one attached hydrogen (secondary N) is 1. The van der Waals surface area contributed by atoms with E-state index in [0.29, 0.717) is 13.2 Å². The smallest absolute Gasteiger partial charge is 0.124 e. The second kappa shape index (κ2) is 7.84. The van der Waals surface area contributed by atoms with Gasteiger partial charge in [-0.1, -0.05) is 48.0 Å². The molecule has 0 amide bonds. The molecule has 0 aliphatic rings. The number of hydrogen-bond donors (Lipinski definition) is 1. The summed E-state index contributed by atoms with van der Waals surface area (Å²) in [7, 11) is 0. The molecular weight excluding hydrogens is 313 g/mol. The average molecular weight is 335 g/mol. The summed E-state index contributed by atoms with van der Waals surface area (Å²) in [6.45, 7) is 5.30. The molecule has 0 fully saturated rings. The Labute approximate surface area is 148 Å². The summed E-state index contributed by atoms with van der Waals surface area (Å²) in [6.07, 6.45) is 0. The van der Waals surface area contributed by atoms with Crippen LogP contribution in [-0.2, 0) is 13.2 Å². The van der Waals surface area contributed by atoms with Crippen molar-refractivity contribution in [1.82, 2.24) is 0 Å². The van der Waals surface area contributed by atoms with Gasteiger partial charge in [-0.05, 0) is 49.2 Å². The third-order valence-corrected chi connectivity index (χ3v) is 4.13. The summed E-state index contributed by atoms with van der Waals surface area (Å²) in [5.74, 6) is 0.603. The molecule has 3 aromatic carbocycles. The van der Waals surface area contributed by atoms with Gasteiger partial charge in [0.2, 0.25) is 0 Å². The highest BCUT2D eigenvalue weighted by Crippen LogP contribution is 2.22. The van der Waals surface area contributed by atoms with E-state index in [2.05, 4.69) is 43.4 Å². The maximum Gasteiger partial charge on any atom is 0.124 e. The minimum absolute atomic E-state index is 0.234. The van der Waals surface area contributed by atoms with E-state index < -0.39 is 0 Å². The zero-order chi connectivity index (χ0) is 17.6. The molecule has 25 heavy (non-hydrogen) atoms. The maximum atomic E-state index is 13.0. The zero-order valence-corrected chi connectivity index (χ0v) is 14.6. The van der Waals surface area contributed by atoms with E-state index in [9.17, 15) is 4.39 Å². The molecule has 0 saturated heterocycles. The van der Waals surface area contributed by atoms with Crippen molar-refractivity contribution in [3.63, 3.8) is 0 Å². The minimum atomic E-state index is -0.234. The van der Waals surface area contributed by atoms with Gasteiger partial charge < -0.3 is 10.1 Å². The lowest BCUT2D eigenvalue weighted by Crippen LogP contribution is -2.04. The second-order valence-electron chi connectivity index (χ2n) is 6.19. The summed E-state index contributed by atoms with van der Waals surface area (Å²) >= 11 is 0. The SMILES string of the molecule is Cc1ccc(NCc2ccccc2OCc2ccc(F)cc2)c(C)c1. The van der Waals surface area contributed by atoms with Gasteiger partial charge in [-0.25, -0.2) is 4.39 Å². The van der Waals surface area contributed by atoms with E-state index in [4.69, 9.17) is 4.74 Å². The van der Waals surface area contributed by atoms with E-state index in [1.54, 1.807) is 12.1 Å². The largest absolute Gasteiger partial charge is 0.489 e. The lowest BCUT2D eigenvalue weighted by molar-refractivity contribution is 0.303. The van der Waals surface area contributed by atoms with Gasteiger partial charge in [-0.15, -0.1) is 0 Å². The first-order valence-corrected chi connectivity index (χ1v) is 8.38. The number of anilines is 1. The van der Waals surface area contributed by atoms with Crippen LogP contribution < -0.4 is 10.1 Å². The van der Waals surface area contributed by atoms with Crippen molar-refractivity contribution >= 4 is 5.69 Å². The Hall–Kier alpha value is -2.81. The molecule has 0 saturated carbocycles. The van der Waals surface area contributed by atoms with E-state index in [-0.39, 0.29) is 5.82 Å². The molecule has 2 nitrogen and oxygen atoms in total. The van der Waals surface area contributed by atoms with Crippen molar-refractivity contribution in [2.75, 3.05) is 5.32 Å². The monoisotopic (exact) mass is 335 g/mol. The summed E-state index contributed by atoms with van der Waals surface area (Å²) < 4.78 is 18.9. The molecule has 0 heterocycles. The van der Waals surface area contributed by atoms with Gasteiger partial charge in [0.15, 0.2) is 0 Å². The molecule has 0 unspecified atom stereocenters. The molecule has 0 bridgehead atoms. The van der Waals surface area contributed by atoms with Crippen LogP contribution in [0.3, 0.4) is 0 Å². The molecular formula is C22H22FNO. The number of ether oxygens (including phenoxy) is 1. The molecule has 0 radical (unpaired) electrons. The summed E-state index contributed by atoms with van der Waals surface area (Å²) in [5.41, 5.74) is 5.64. The molecule has 1 N–H and O–H groups in total. The van der Waals surface area contributed by atoms with Crippen LogP contribution in [-0.4, -0.2) is 0 Å². The third kappa shape index (κ3) is 4.60. The zero-order valence-electron chi connectivity index (χ0n) is 14.6. The Morgan fingerprint density at radius 1 is 0.920 bits per heavy atom. The van der Waals surface area contributed by atoms with E-state index in [1.165, 1.54) is 23.3 Å². The van der Waals surface area contributed by atoms with Crippen molar-refractivity contribution in [2.24, 2.45) is 0 Å². The first-order chi connectivity index (χ1) is 12.1. The molecule has 0 atom stereocenters. The van der Waals surface area contributed by atoms with Crippen LogP contribution in [0, 0.1) is 19.7 Å². The van der Waals surface area contributed by atoms with Crippen molar-refractivity contribution < 1.29 is 9.13 Å². The van der Waals surface area contributed by atoms with Crippen LogP contribution in [0.4, 0.5) is 10.1 Å². The standard InChI is InChI=1S/C22H22FNO/c1-16-7-12-21(17(2)13-16)24-14-19-5-3-4-6-22(19)25-15-18-8-10-20(23)11-9-18/h3-13,24H,14-15H2,1-2H3. The molecule has 3 aromatic rings. The molecule has 0 aliphatic heterocycles. The van der Waals surface area contributed by atoms with Gasteiger partial charge in [-0.3, -0.25) is 0 Å². The fraction of sp³-hybridized carbons (Fsp3) is 0.182. The Balaban J connectivity index is 1.67. The highest BCUT2D eigenvalue weighted by atomic mass is 19.1. The van der Waals surface area contributed by atoms with Gasteiger partial charge in [0.05, 0.1) is 0 Å². The summed E-state index contributed by atoms with van der Waals surface area (Å²) in [4.78, 5) is 0. The number of rotatable bonds is 6. The molecule has 128 valence electrons. The normalized spacial score (nSPS) is 10.5. The topological polar surface area (TPSA) is 21.3 Å². The lowest BCUT2D eigenvalue weighted by atomic mass is 10.1. The fourth-order valence-corrected chi connectivity index (χ4v) is 2.73. The quantitative estimate of drug-likeness (QED) is 0.630. The van der Waals surface area contributed by atoms with Crippen LogP contribution in [0.2, 0.25) is 0 Å². The van der Waals surface area contributed by atoms with E-state index >= 15 is 0 Å². The van der Waals surface area contributed by atoms with Crippen LogP contribution in [0.1, 0.15) is 22.3 Å². The molecule has 3 rings (SSSR count). The molecule has 0 spiro atoms. The van der Waals surface area contributed by atoms with Crippen LogP contribution in [0.15, 0.2) is 66.7 Å². The third-order valence-electron chi connectivity index (χ3n) is 4.13. The lowest BCUT2D eigenvalue weighted by Gasteiger charge is -2.14. The first-order valence-electron chi connectivity index (χ1n) is 8.38. The van der Waals surface area contributed by atoms with Crippen LogP contribution in [0.25, 0.3) is 0 Å². The van der Waals surface area contributed by atoms with Gasteiger partial charge in [0.25, 0.3) is 0 Å². The second-order valence-corrected chi connectivity index (χ2v) is 6.19. The summed E-state index contributed by atoms with van der Waals surface area (Å²) in [6, 6.07) is 20.7. The number of halogens is 1. The Morgan fingerprint density at radius 3 is 2.44 bits per heavy atom. The molecule has 0 aliphatic carbocycles. The van der Waals surface area contributed by atoms with Crippen molar-refractivity contribution in [1.29, 1.82) is 0 Å². The van der Waals surface area contributed by atoms with E-state index in [1.807, 2.05) is 18.2 Å². The number of para-hydroxylation sites is 1. The Morgan fingerprint density at radius 2 is 1.68 bits per heavy atom. The van der Waals surface area contributed by atoms with E-state index in [0.717, 1.165) is 22.6 Å². The van der Waals surface area contributed by atoms with Crippen molar-refractivity contribution in [2.45, 2.75) is 27.0 Å². The highest BCUT2D eigenvalue weighted by molar-refractivity contribution is 5.52. The molecule has 3 heteroatoms. The summed E-state index contributed by atoms with van der Waals surface area (Å²) in [5, 5.41) is 3.47. The number of benzene rings is 3. The van der Waals surface area contributed by atoms with Crippen LogP contribution in [0.5, 0.6) is 5.75 Å². The van der Waals surface area contributed by atoms with Crippen LogP contribution >= 0.6 is 0 Å². The first kappa shape index (κ1) is 17.0. The number of hydrogen-bond acceptors (Lipinski definition) is 2. The number of aryl methyl sites for hydroxylation is 2.